The topological polar surface area (TPSA) is 83.6 Å². The number of ketones is 1. The Hall–Kier alpha value is -3.90. The highest BCUT2D eigenvalue weighted by molar-refractivity contribution is 6.31. The van der Waals surface area contributed by atoms with Gasteiger partial charge in [0.2, 0.25) is 5.78 Å². The number of para-hydroxylation sites is 1. The number of amides is 1. The van der Waals surface area contributed by atoms with E-state index in [1.54, 1.807) is 67.0 Å². The Morgan fingerprint density at radius 1 is 1.03 bits per heavy atom. The van der Waals surface area contributed by atoms with Crippen molar-refractivity contribution in [1.29, 1.82) is 0 Å². The van der Waals surface area contributed by atoms with Crippen LogP contribution in [0.1, 0.15) is 22.2 Å². The first kappa shape index (κ1) is 19.1. The van der Waals surface area contributed by atoms with Gasteiger partial charge in [-0.05, 0) is 48.0 Å². The van der Waals surface area contributed by atoms with E-state index in [2.05, 4.69) is 4.98 Å². The number of benzene rings is 2. The summed E-state index contributed by atoms with van der Waals surface area (Å²) in [5.41, 5.74) is 1.56. The second kappa shape index (κ2) is 7.41. The number of carbonyl (C=O) groups is 2. The lowest BCUT2D eigenvalue weighted by atomic mass is 9.95. The summed E-state index contributed by atoms with van der Waals surface area (Å²) in [6.45, 7) is 0. The predicted octanol–water partition coefficient (Wildman–Crippen LogP) is 5.26. The predicted molar refractivity (Wildman–Crippen MR) is 116 cm³/mol. The molecule has 0 spiro atoms. The van der Waals surface area contributed by atoms with E-state index in [-0.39, 0.29) is 11.3 Å². The van der Waals surface area contributed by atoms with Gasteiger partial charge >= 0.3 is 0 Å². The Balaban J connectivity index is 1.67. The van der Waals surface area contributed by atoms with Crippen LogP contribution in [-0.2, 0) is 4.79 Å². The summed E-state index contributed by atoms with van der Waals surface area (Å²) in [5, 5.41) is 12.0. The number of rotatable bonds is 4. The van der Waals surface area contributed by atoms with E-state index in [9.17, 15) is 14.7 Å². The number of aliphatic hydroxyl groups is 1. The number of Topliss-reactive ketones (excluding diaryl/α,β-unsaturated/α-hetero) is 1. The smallest absolute Gasteiger partial charge is 0.294 e. The first-order valence-corrected chi connectivity index (χ1v) is 9.88. The van der Waals surface area contributed by atoms with Gasteiger partial charge in [-0.25, -0.2) is 0 Å². The average molecular weight is 431 g/mol. The number of pyridine rings is 1. The van der Waals surface area contributed by atoms with Crippen LogP contribution in [0, 0.1) is 0 Å². The molecule has 0 saturated carbocycles. The molecule has 0 saturated heterocycles. The Bertz CT molecular complexity index is 1330. The lowest BCUT2D eigenvalue weighted by Gasteiger charge is -2.26. The number of aromatic nitrogens is 1. The number of aliphatic hydroxyl groups excluding tert-OH is 1. The standard InChI is InChI=1S/C24H15ClN2O4/c25-16-5-3-6-17(13-16)27-21(14-8-10-26-11-9-14)20(23(29)24(27)30)22(28)19-12-15-4-1-2-7-18(15)31-19/h1-13,21,29H. The minimum Gasteiger partial charge on any atom is -0.503 e. The van der Waals surface area contributed by atoms with E-state index in [0.717, 1.165) is 5.39 Å². The third-order valence-corrected chi connectivity index (χ3v) is 5.45. The maximum Gasteiger partial charge on any atom is 0.294 e. The SMILES string of the molecule is O=C(C1=C(O)C(=O)N(c2cccc(Cl)c2)C1c1ccncc1)c1cc2ccccc2o1. The van der Waals surface area contributed by atoms with Crippen molar-refractivity contribution in [3.05, 3.63) is 107 Å². The molecule has 5 rings (SSSR count). The fraction of sp³-hybridized carbons (Fsp3) is 0.0417. The highest BCUT2D eigenvalue weighted by Gasteiger charge is 2.45. The van der Waals surface area contributed by atoms with E-state index in [1.807, 2.05) is 12.1 Å². The highest BCUT2D eigenvalue weighted by atomic mass is 35.5. The van der Waals surface area contributed by atoms with Crippen LogP contribution in [0.3, 0.4) is 0 Å². The summed E-state index contributed by atoms with van der Waals surface area (Å²) in [5.74, 6) is -1.83. The van der Waals surface area contributed by atoms with Crippen molar-refractivity contribution in [2.24, 2.45) is 0 Å². The van der Waals surface area contributed by atoms with Crippen LogP contribution in [-0.4, -0.2) is 21.8 Å². The average Bonchev–Trinajstić information content (AvgIpc) is 3.33. The second-order valence-corrected chi connectivity index (χ2v) is 7.51. The van der Waals surface area contributed by atoms with Crippen molar-refractivity contribution >= 4 is 39.9 Å². The zero-order valence-corrected chi connectivity index (χ0v) is 16.8. The van der Waals surface area contributed by atoms with Gasteiger partial charge in [0, 0.05) is 28.5 Å². The van der Waals surface area contributed by atoms with E-state index < -0.39 is 23.5 Å². The van der Waals surface area contributed by atoms with Crippen molar-refractivity contribution in [2.75, 3.05) is 4.90 Å². The quantitative estimate of drug-likeness (QED) is 0.446. The summed E-state index contributed by atoms with van der Waals surface area (Å²) >= 11 is 6.14. The zero-order chi connectivity index (χ0) is 21.5. The first-order chi connectivity index (χ1) is 15.0. The molecule has 1 aliphatic rings. The van der Waals surface area contributed by atoms with E-state index in [0.29, 0.717) is 21.9 Å². The molecule has 1 amide bonds. The molecule has 0 fully saturated rings. The van der Waals surface area contributed by atoms with Crippen LogP contribution >= 0.6 is 11.6 Å². The number of furan rings is 1. The summed E-state index contributed by atoms with van der Waals surface area (Å²) in [4.78, 5) is 31.9. The lowest BCUT2D eigenvalue weighted by molar-refractivity contribution is -0.117. The van der Waals surface area contributed by atoms with Gasteiger partial charge in [-0.2, -0.15) is 0 Å². The number of carbonyl (C=O) groups excluding carboxylic acids is 2. The van der Waals surface area contributed by atoms with Crippen molar-refractivity contribution in [3.63, 3.8) is 0 Å². The molecule has 1 atom stereocenters. The number of hydrogen-bond donors (Lipinski definition) is 1. The number of hydrogen-bond acceptors (Lipinski definition) is 5. The van der Waals surface area contributed by atoms with Crippen LogP contribution in [0.5, 0.6) is 0 Å². The molecule has 0 radical (unpaired) electrons. The normalized spacial score (nSPS) is 16.4. The van der Waals surface area contributed by atoms with Crippen molar-refractivity contribution in [3.8, 4) is 0 Å². The summed E-state index contributed by atoms with van der Waals surface area (Å²) in [6.07, 6.45) is 3.13. The highest BCUT2D eigenvalue weighted by Crippen LogP contribution is 2.42. The maximum absolute atomic E-state index is 13.5. The third-order valence-electron chi connectivity index (χ3n) is 5.21. The Morgan fingerprint density at radius 2 is 1.81 bits per heavy atom. The molecule has 3 heterocycles. The molecule has 1 aliphatic heterocycles. The lowest BCUT2D eigenvalue weighted by Crippen LogP contribution is -2.31. The fourth-order valence-corrected chi connectivity index (χ4v) is 4.00. The van der Waals surface area contributed by atoms with Gasteiger partial charge in [-0.15, -0.1) is 0 Å². The van der Waals surface area contributed by atoms with Crippen molar-refractivity contribution in [1.82, 2.24) is 4.98 Å². The molecule has 4 aromatic rings. The third kappa shape index (κ3) is 3.17. The summed E-state index contributed by atoms with van der Waals surface area (Å²) < 4.78 is 5.71. The second-order valence-electron chi connectivity index (χ2n) is 7.08. The zero-order valence-electron chi connectivity index (χ0n) is 16.0. The summed E-state index contributed by atoms with van der Waals surface area (Å²) in [6, 6.07) is 18.0. The fourth-order valence-electron chi connectivity index (χ4n) is 3.82. The molecule has 0 aliphatic carbocycles. The van der Waals surface area contributed by atoms with E-state index >= 15 is 0 Å². The van der Waals surface area contributed by atoms with Crippen LogP contribution in [0.25, 0.3) is 11.0 Å². The van der Waals surface area contributed by atoms with Crippen LogP contribution in [0.2, 0.25) is 5.02 Å². The van der Waals surface area contributed by atoms with Gasteiger partial charge in [-0.3, -0.25) is 19.5 Å². The number of anilines is 1. The molecule has 152 valence electrons. The summed E-state index contributed by atoms with van der Waals surface area (Å²) in [7, 11) is 0. The van der Waals surface area contributed by atoms with Gasteiger partial charge in [-0.1, -0.05) is 35.9 Å². The molecule has 31 heavy (non-hydrogen) atoms. The van der Waals surface area contributed by atoms with E-state index in [4.69, 9.17) is 16.0 Å². The Labute approximate surface area is 182 Å². The maximum atomic E-state index is 13.5. The molecule has 1 unspecified atom stereocenters. The van der Waals surface area contributed by atoms with Crippen molar-refractivity contribution in [2.45, 2.75) is 6.04 Å². The van der Waals surface area contributed by atoms with Gasteiger partial charge in [0.05, 0.1) is 11.6 Å². The molecule has 0 bridgehead atoms. The monoisotopic (exact) mass is 430 g/mol. The van der Waals surface area contributed by atoms with Gasteiger partial charge in [0.25, 0.3) is 5.91 Å². The molecule has 2 aromatic carbocycles. The minimum atomic E-state index is -0.866. The molecular formula is C24H15ClN2O4. The molecule has 1 N–H and O–H groups in total. The largest absolute Gasteiger partial charge is 0.503 e. The van der Waals surface area contributed by atoms with Crippen LogP contribution in [0.15, 0.2) is 94.9 Å². The molecule has 7 heteroatoms. The molecular weight excluding hydrogens is 416 g/mol. The van der Waals surface area contributed by atoms with Crippen LogP contribution in [0.4, 0.5) is 5.69 Å². The number of halogens is 1. The van der Waals surface area contributed by atoms with Gasteiger partial charge < -0.3 is 9.52 Å². The molecule has 6 nitrogen and oxygen atoms in total. The van der Waals surface area contributed by atoms with Crippen LogP contribution < -0.4 is 4.90 Å². The van der Waals surface area contributed by atoms with E-state index in [1.165, 1.54) is 4.90 Å². The Kier molecular flexibility index (Phi) is 4.56. The number of fused-ring (bicyclic) bond motifs is 1. The van der Waals surface area contributed by atoms with Gasteiger partial charge in [0.15, 0.2) is 11.5 Å². The molecule has 2 aromatic heterocycles. The Morgan fingerprint density at radius 3 is 2.55 bits per heavy atom. The first-order valence-electron chi connectivity index (χ1n) is 9.50. The minimum absolute atomic E-state index is 0.0440. The van der Waals surface area contributed by atoms with Crippen molar-refractivity contribution < 1.29 is 19.1 Å². The van der Waals surface area contributed by atoms with Gasteiger partial charge in [0.1, 0.15) is 5.58 Å². The number of nitrogens with zero attached hydrogens (tertiary/aromatic N) is 2.